The van der Waals surface area contributed by atoms with Gasteiger partial charge in [0.2, 0.25) is 0 Å². The fraction of sp³-hybridized carbons (Fsp3) is 0.176. The molecule has 3 rings (SSSR count). The van der Waals surface area contributed by atoms with E-state index >= 15 is 0 Å². The topological polar surface area (TPSA) is 87.9 Å². The number of carbonyl (C=O) groups is 2. The molecule has 1 aliphatic rings. The van der Waals surface area contributed by atoms with Gasteiger partial charge in [0, 0.05) is 12.2 Å². The number of para-hydroxylation sites is 1. The maximum atomic E-state index is 12.2. The van der Waals surface area contributed by atoms with Crippen LogP contribution >= 0.6 is 11.6 Å². The molecule has 0 spiro atoms. The molecule has 3 N–H and O–H groups in total. The van der Waals surface area contributed by atoms with E-state index in [1.54, 1.807) is 47.4 Å². The summed E-state index contributed by atoms with van der Waals surface area (Å²) in [6, 6.07) is 13.3. The van der Waals surface area contributed by atoms with Crippen molar-refractivity contribution in [3.8, 4) is 0 Å². The third-order valence-electron chi connectivity index (χ3n) is 3.73. The molecule has 0 radical (unpaired) electrons. The van der Waals surface area contributed by atoms with E-state index in [1.807, 2.05) is 6.07 Å². The summed E-state index contributed by atoms with van der Waals surface area (Å²) in [4.78, 5) is 25.7. The van der Waals surface area contributed by atoms with Crippen molar-refractivity contribution in [2.45, 2.75) is 0 Å². The Bertz CT molecular complexity index is 785. The maximum absolute atomic E-state index is 12.2. The number of anilines is 3. The van der Waals surface area contributed by atoms with Crippen LogP contribution < -0.4 is 21.1 Å². The summed E-state index contributed by atoms with van der Waals surface area (Å²) in [5.41, 5.74) is 1.62. The molecule has 25 heavy (non-hydrogen) atoms. The number of morpholine rings is 1. The third-order valence-corrected chi connectivity index (χ3v) is 4.03. The molecule has 1 aliphatic heterocycles. The number of urea groups is 1. The minimum absolute atomic E-state index is 0.0357. The van der Waals surface area contributed by atoms with Crippen LogP contribution in [0.15, 0.2) is 48.5 Å². The summed E-state index contributed by atoms with van der Waals surface area (Å²) in [7, 11) is 0. The Morgan fingerprint density at radius 2 is 2.00 bits per heavy atom. The molecule has 1 saturated heterocycles. The summed E-state index contributed by atoms with van der Waals surface area (Å²) in [6.45, 7) is 0.933. The minimum Gasteiger partial charge on any atom is -0.370 e. The predicted octanol–water partition coefficient (Wildman–Crippen LogP) is 2.62. The number of hydrogen-bond donors (Lipinski definition) is 2. The second-order valence-corrected chi connectivity index (χ2v) is 5.81. The molecule has 0 saturated carbocycles. The Balaban J connectivity index is 1.72. The molecule has 0 aromatic heterocycles. The van der Waals surface area contributed by atoms with Gasteiger partial charge in [-0.15, -0.1) is 0 Å². The highest BCUT2D eigenvalue weighted by Crippen LogP contribution is 2.30. The first-order valence-corrected chi connectivity index (χ1v) is 8.02. The Kier molecular flexibility index (Phi) is 5.18. The van der Waals surface area contributed by atoms with E-state index < -0.39 is 6.03 Å². The lowest BCUT2D eigenvalue weighted by atomic mass is 10.2. The average Bonchev–Trinajstić information content (AvgIpc) is 2.63. The summed E-state index contributed by atoms with van der Waals surface area (Å²) in [5, 5.41) is 4.04. The highest BCUT2D eigenvalue weighted by atomic mass is 35.5. The zero-order valence-electron chi connectivity index (χ0n) is 13.3. The van der Waals surface area contributed by atoms with Gasteiger partial charge < -0.3 is 15.0 Å². The van der Waals surface area contributed by atoms with Crippen molar-refractivity contribution in [2.24, 2.45) is 5.84 Å². The molecule has 2 aromatic rings. The van der Waals surface area contributed by atoms with Gasteiger partial charge in [-0.3, -0.25) is 4.79 Å². The number of benzene rings is 2. The second-order valence-electron chi connectivity index (χ2n) is 5.40. The summed E-state index contributed by atoms with van der Waals surface area (Å²) < 4.78 is 5.11. The molecule has 1 heterocycles. The average molecular weight is 361 g/mol. The smallest absolute Gasteiger partial charge is 0.340 e. The largest absolute Gasteiger partial charge is 0.370 e. The van der Waals surface area contributed by atoms with E-state index in [0.717, 1.165) is 5.01 Å². The number of amides is 3. The van der Waals surface area contributed by atoms with Crippen molar-refractivity contribution in [2.75, 3.05) is 35.0 Å². The van der Waals surface area contributed by atoms with Crippen molar-refractivity contribution in [1.29, 1.82) is 0 Å². The van der Waals surface area contributed by atoms with Gasteiger partial charge in [0.05, 0.1) is 23.0 Å². The molecule has 1 fully saturated rings. The number of rotatable bonds is 3. The van der Waals surface area contributed by atoms with Crippen LogP contribution in [-0.4, -0.2) is 31.7 Å². The van der Waals surface area contributed by atoms with Gasteiger partial charge in [0.25, 0.3) is 5.91 Å². The third kappa shape index (κ3) is 3.90. The molecule has 0 aliphatic carbocycles. The van der Waals surface area contributed by atoms with Crippen LogP contribution in [0.3, 0.4) is 0 Å². The maximum Gasteiger partial charge on any atom is 0.340 e. The zero-order chi connectivity index (χ0) is 17.8. The lowest BCUT2D eigenvalue weighted by Gasteiger charge is -2.27. The van der Waals surface area contributed by atoms with Crippen LogP contribution in [0.25, 0.3) is 0 Å². The van der Waals surface area contributed by atoms with Crippen molar-refractivity contribution < 1.29 is 14.3 Å². The van der Waals surface area contributed by atoms with Crippen molar-refractivity contribution >= 4 is 40.6 Å². The van der Waals surface area contributed by atoms with Gasteiger partial charge in [-0.1, -0.05) is 29.8 Å². The van der Waals surface area contributed by atoms with Crippen LogP contribution in [0.1, 0.15) is 0 Å². The Morgan fingerprint density at radius 1 is 1.24 bits per heavy atom. The molecule has 0 unspecified atom stereocenters. The first-order valence-electron chi connectivity index (χ1n) is 7.65. The van der Waals surface area contributed by atoms with Crippen LogP contribution in [0.4, 0.5) is 21.9 Å². The Morgan fingerprint density at radius 3 is 2.68 bits per heavy atom. The SMILES string of the molecule is NN(C(=O)Nc1ccc(N2CCOCC2=O)c(Cl)c1)c1ccccc1. The van der Waals surface area contributed by atoms with E-state index in [4.69, 9.17) is 22.2 Å². The van der Waals surface area contributed by atoms with Crippen LogP contribution in [0, 0.1) is 0 Å². The van der Waals surface area contributed by atoms with E-state index in [9.17, 15) is 9.59 Å². The normalized spacial score (nSPS) is 14.3. The Labute approximate surface area is 149 Å². The molecule has 0 bridgehead atoms. The number of halogens is 1. The Hall–Kier alpha value is -2.61. The number of carbonyl (C=O) groups excluding carboxylic acids is 2. The molecule has 7 nitrogen and oxygen atoms in total. The fourth-order valence-corrected chi connectivity index (χ4v) is 2.75. The van der Waals surface area contributed by atoms with Crippen molar-refractivity contribution in [3.63, 3.8) is 0 Å². The highest BCUT2D eigenvalue weighted by Gasteiger charge is 2.22. The van der Waals surface area contributed by atoms with Crippen molar-refractivity contribution in [3.05, 3.63) is 53.6 Å². The lowest BCUT2D eigenvalue weighted by Crippen LogP contribution is -2.42. The highest BCUT2D eigenvalue weighted by molar-refractivity contribution is 6.34. The first kappa shape index (κ1) is 17.2. The van der Waals surface area contributed by atoms with Gasteiger partial charge in [0.1, 0.15) is 6.61 Å². The van der Waals surface area contributed by atoms with Crippen molar-refractivity contribution in [1.82, 2.24) is 0 Å². The molecular formula is C17H17ClN4O3. The molecule has 130 valence electrons. The predicted molar refractivity (Wildman–Crippen MR) is 96.8 cm³/mol. The number of nitrogens with zero attached hydrogens (tertiary/aromatic N) is 2. The van der Waals surface area contributed by atoms with Gasteiger partial charge in [0.15, 0.2) is 0 Å². The van der Waals surface area contributed by atoms with Gasteiger partial charge in [-0.2, -0.15) is 0 Å². The summed E-state index contributed by atoms with van der Waals surface area (Å²) in [5.74, 6) is 5.66. The number of hydrogen-bond acceptors (Lipinski definition) is 4. The van der Waals surface area contributed by atoms with E-state index in [-0.39, 0.29) is 12.5 Å². The second kappa shape index (κ2) is 7.52. The first-order chi connectivity index (χ1) is 12.1. The number of hydrazine groups is 1. The van der Waals surface area contributed by atoms with E-state index in [1.165, 1.54) is 0 Å². The molecular weight excluding hydrogens is 344 g/mol. The zero-order valence-corrected chi connectivity index (χ0v) is 14.1. The fourth-order valence-electron chi connectivity index (χ4n) is 2.47. The van der Waals surface area contributed by atoms with Gasteiger partial charge in [-0.05, 0) is 30.3 Å². The number of ether oxygens (including phenoxy) is 1. The van der Waals surface area contributed by atoms with E-state index in [2.05, 4.69) is 5.32 Å². The summed E-state index contributed by atoms with van der Waals surface area (Å²) >= 11 is 6.28. The quantitative estimate of drug-likeness (QED) is 0.500. The standard InChI is InChI=1S/C17H17ClN4O3/c18-14-10-12(6-7-15(14)21-8-9-25-11-16(21)23)20-17(24)22(19)13-4-2-1-3-5-13/h1-7,10H,8-9,11,19H2,(H,20,24). The lowest BCUT2D eigenvalue weighted by molar-refractivity contribution is -0.125. The molecule has 0 atom stereocenters. The van der Waals surface area contributed by atoms with Gasteiger partial charge >= 0.3 is 6.03 Å². The van der Waals surface area contributed by atoms with Crippen LogP contribution in [0.2, 0.25) is 5.02 Å². The number of nitrogens with one attached hydrogen (secondary N) is 1. The minimum atomic E-state index is -0.502. The number of nitrogens with two attached hydrogens (primary N) is 1. The van der Waals surface area contributed by atoms with Gasteiger partial charge in [-0.25, -0.2) is 15.6 Å². The molecule has 2 aromatic carbocycles. The summed E-state index contributed by atoms with van der Waals surface area (Å²) in [6.07, 6.45) is 0. The van der Waals surface area contributed by atoms with Crippen LogP contribution in [0.5, 0.6) is 0 Å². The molecule has 3 amide bonds. The monoisotopic (exact) mass is 360 g/mol. The molecule has 8 heteroatoms. The van der Waals surface area contributed by atoms with E-state index in [0.29, 0.717) is 35.2 Å². The van der Waals surface area contributed by atoms with Crippen LogP contribution in [-0.2, 0) is 9.53 Å².